The maximum absolute atomic E-state index is 13.3. The molecule has 2 atom stereocenters. The molecule has 2 aromatic rings. The van der Waals surface area contributed by atoms with Crippen LogP contribution in [0.2, 0.25) is 0 Å². The Hall–Kier alpha value is -2.76. The van der Waals surface area contributed by atoms with Gasteiger partial charge >= 0.3 is 0 Å². The molecule has 0 radical (unpaired) electrons. The van der Waals surface area contributed by atoms with Crippen LogP contribution in [0.15, 0.2) is 42.5 Å². The van der Waals surface area contributed by atoms with Crippen LogP contribution in [0.1, 0.15) is 31.4 Å². The Morgan fingerprint density at radius 1 is 1.15 bits per heavy atom. The van der Waals surface area contributed by atoms with Crippen LogP contribution < -0.4 is 14.2 Å². The lowest BCUT2D eigenvalue weighted by Crippen LogP contribution is -2.40. The molecule has 1 aliphatic rings. The second kappa shape index (κ2) is 8.29. The van der Waals surface area contributed by atoms with Gasteiger partial charge in [0.05, 0.1) is 20.3 Å². The molecule has 0 saturated carbocycles. The minimum atomic E-state index is -0.711. The molecule has 1 amide bonds. The van der Waals surface area contributed by atoms with Gasteiger partial charge in [-0.1, -0.05) is 6.07 Å². The average Bonchev–Trinajstić information content (AvgIpc) is 3.16. The summed E-state index contributed by atoms with van der Waals surface area (Å²) >= 11 is 0. The van der Waals surface area contributed by atoms with Crippen LogP contribution in [0.4, 0.5) is 4.39 Å². The average molecular weight is 373 g/mol. The van der Waals surface area contributed by atoms with E-state index in [0.717, 1.165) is 18.4 Å². The predicted octanol–water partition coefficient (Wildman–Crippen LogP) is 3.97. The van der Waals surface area contributed by atoms with E-state index in [4.69, 9.17) is 14.2 Å². The van der Waals surface area contributed by atoms with Crippen LogP contribution in [-0.2, 0) is 4.79 Å². The maximum atomic E-state index is 13.3. The zero-order valence-electron chi connectivity index (χ0n) is 15.8. The lowest BCUT2D eigenvalue weighted by atomic mass is 10.0. The number of carbonyl (C=O) groups is 1. The van der Waals surface area contributed by atoms with Gasteiger partial charge in [0.15, 0.2) is 6.10 Å². The van der Waals surface area contributed by atoms with Gasteiger partial charge < -0.3 is 19.1 Å². The van der Waals surface area contributed by atoms with Gasteiger partial charge in [-0.05, 0) is 44.0 Å². The smallest absolute Gasteiger partial charge is 0.263 e. The highest BCUT2D eigenvalue weighted by molar-refractivity contribution is 5.81. The van der Waals surface area contributed by atoms with E-state index in [2.05, 4.69) is 0 Å². The Bertz CT molecular complexity index is 811. The van der Waals surface area contributed by atoms with Crippen LogP contribution in [0.5, 0.6) is 17.2 Å². The minimum absolute atomic E-state index is 0.0862. The van der Waals surface area contributed by atoms with Gasteiger partial charge in [-0.15, -0.1) is 0 Å². The molecule has 0 aliphatic carbocycles. The topological polar surface area (TPSA) is 48.0 Å². The molecule has 3 rings (SSSR count). The van der Waals surface area contributed by atoms with Crippen molar-refractivity contribution in [2.24, 2.45) is 0 Å². The van der Waals surface area contributed by atoms with Gasteiger partial charge in [0.1, 0.15) is 23.1 Å². The summed E-state index contributed by atoms with van der Waals surface area (Å²) in [5, 5.41) is 0. The van der Waals surface area contributed by atoms with E-state index in [-0.39, 0.29) is 11.9 Å². The number of rotatable bonds is 6. The molecule has 144 valence electrons. The number of ether oxygens (including phenoxy) is 3. The Labute approximate surface area is 158 Å². The third-order valence-electron chi connectivity index (χ3n) is 4.79. The lowest BCUT2D eigenvalue weighted by Gasteiger charge is -2.29. The Morgan fingerprint density at radius 2 is 1.96 bits per heavy atom. The number of nitrogens with zero attached hydrogens (tertiary/aromatic N) is 1. The standard InChI is InChI=1S/C21H24FNO4/c1-14(27-17-7-4-6-15(22)12-17)21(24)23-11-5-8-19(23)18-10-9-16(25-2)13-20(18)26-3/h4,6-7,9-10,12-14,19H,5,8,11H2,1-3H3/t14-,19+/m1/s1. The normalized spacial score (nSPS) is 17.5. The highest BCUT2D eigenvalue weighted by Crippen LogP contribution is 2.39. The Kier molecular flexibility index (Phi) is 5.84. The molecule has 2 aromatic carbocycles. The molecular weight excluding hydrogens is 349 g/mol. The molecule has 27 heavy (non-hydrogen) atoms. The number of hydrogen-bond donors (Lipinski definition) is 0. The quantitative estimate of drug-likeness (QED) is 0.769. The van der Waals surface area contributed by atoms with Crippen molar-refractivity contribution in [3.05, 3.63) is 53.8 Å². The van der Waals surface area contributed by atoms with Crippen molar-refractivity contribution in [3.8, 4) is 17.2 Å². The zero-order valence-corrected chi connectivity index (χ0v) is 15.8. The number of halogens is 1. The van der Waals surface area contributed by atoms with Crippen LogP contribution in [0.3, 0.4) is 0 Å². The van der Waals surface area contributed by atoms with Gasteiger partial charge in [0.2, 0.25) is 0 Å². The molecule has 5 nitrogen and oxygen atoms in total. The van der Waals surface area contributed by atoms with E-state index in [0.29, 0.717) is 23.8 Å². The highest BCUT2D eigenvalue weighted by atomic mass is 19.1. The van der Waals surface area contributed by atoms with Crippen molar-refractivity contribution in [2.45, 2.75) is 31.9 Å². The molecule has 1 fully saturated rings. The maximum Gasteiger partial charge on any atom is 0.263 e. The first-order chi connectivity index (χ1) is 13.0. The summed E-state index contributed by atoms with van der Waals surface area (Å²) in [5.41, 5.74) is 0.946. The first kappa shape index (κ1) is 19.0. The summed E-state index contributed by atoms with van der Waals surface area (Å²) in [4.78, 5) is 14.8. The number of hydrogen-bond acceptors (Lipinski definition) is 4. The monoisotopic (exact) mass is 373 g/mol. The summed E-state index contributed by atoms with van der Waals surface area (Å²) in [6.45, 7) is 2.34. The van der Waals surface area contributed by atoms with Gasteiger partial charge in [-0.2, -0.15) is 0 Å². The van der Waals surface area contributed by atoms with Crippen molar-refractivity contribution in [2.75, 3.05) is 20.8 Å². The second-order valence-electron chi connectivity index (χ2n) is 6.51. The number of amides is 1. The van der Waals surface area contributed by atoms with Crippen LogP contribution in [0, 0.1) is 5.82 Å². The summed E-state index contributed by atoms with van der Waals surface area (Å²) in [6.07, 6.45) is 1.04. The zero-order chi connectivity index (χ0) is 19.4. The minimum Gasteiger partial charge on any atom is -0.497 e. The van der Waals surface area contributed by atoms with E-state index < -0.39 is 11.9 Å². The third-order valence-corrected chi connectivity index (χ3v) is 4.79. The first-order valence-corrected chi connectivity index (χ1v) is 8.98. The molecular formula is C21H24FNO4. The fourth-order valence-corrected chi connectivity index (χ4v) is 3.48. The number of likely N-dealkylation sites (tertiary alicyclic amines) is 1. The largest absolute Gasteiger partial charge is 0.497 e. The molecule has 0 spiro atoms. The highest BCUT2D eigenvalue weighted by Gasteiger charge is 2.34. The molecule has 6 heteroatoms. The summed E-state index contributed by atoms with van der Waals surface area (Å²) in [6, 6.07) is 11.4. The summed E-state index contributed by atoms with van der Waals surface area (Å²) in [5.74, 6) is 1.22. The second-order valence-corrected chi connectivity index (χ2v) is 6.51. The van der Waals surface area contributed by atoms with Crippen molar-refractivity contribution < 1.29 is 23.4 Å². The lowest BCUT2D eigenvalue weighted by molar-refractivity contribution is -0.139. The van der Waals surface area contributed by atoms with E-state index in [1.54, 1.807) is 33.3 Å². The van der Waals surface area contributed by atoms with Gasteiger partial charge in [0.25, 0.3) is 5.91 Å². The molecule has 0 unspecified atom stereocenters. The molecule has 1 aliphatic heterocycles. The molecule has 0 bridgehead atoms. The SMILES string of the molecule is COc1ccc([C@@H]2CCCN2C(=O)[C@@H](C)Oc2cccc(F)c2)c(OC)c1. The predicted molar refractivity (Wildman–Crippen MR) is 99.7 cm³/mol. The number of carbonyl (C=O) groups excluding carboxylic acids is 1. The van der Waals surface area contributed by atoms with E-state index >= 15 is 0 Å². The summed E-state index contributed by atoms with van der Waals surface area (Å²) < 4.78 is 29.8. The molecule has 0 N–H and O–H groups in total. The van der Waals surface area contributed by atoms with Gasteiger partial charge in [-0.25, -0.2) is 4.39 Å². The fraction of sp³-hybridized carbons (Fsp3) is 0.381. The van der Waals surface area contributed by atoms with Crippen LogP contribution >= 0.6 is 0 Å². The molecule has 1 heterocycles. The van der Waals surface area contributed by atoms with Crippen molar-refractivity contribution >= 4 is 5.91 Å². The van der Waals surface area contributed by atoms with Crippen molar-refractivity contribution in [3.63, 3.8) is 0 Å². The van der Waals surface area contributed by atoms with Crippen molar-refractivity contribution in [1.82, 2.24) is 4.90 Å². The van der Waals surface area contributed by atoms with E-state index in [9.17, 15) is 9.18 Å². The van der Waals surface area contributed by atoms with E-state index in [1.165, 1.54) is 12.1 Å². The van der Waals surface area contributed by atoms with E-state index in [1.807, 2.05) is 23.1 Å². The third kappa shape index (κ3) is 4.15. The first-order valence-electron chi connectivity index (χ1n) is 8.98. The molecule has 0 aromatic heterocycles. The molecule has 1 saturated heterocycles. The Balaban J connectivity index is 1.78. The van der Waals surface area contributed by atoms with Crippen LogP contribution in [-0.4, -0.2) is 37.7 Å². The number of methoxy groups -OCH3 is 2. The van der Waals surface area contributed by atoms with Gasteiger partial charge in [0, 0.05) is 24.2 Å². The Morgan fingerprint density at radius 3 is 2.67 bits per heavy atom. The number of benzene rings is 2. The fourth-order valence-electron chi connectivity index (χ4n) is 3.48. The van der Waals surface area contributed by atoms with Crippen molar-refractivity contribution in [1.29, 1.82) is 0 Å². The summed E-state index contributed by atoms with van der Waals surface area (Å²) in [7, 11) is 3.21. The van der Waals surface area contributed by atoms with Crippen LogP contribution in [0.25, 0.3) is 0 Å². The van der Waals surface area contributed by atoms with Gasteiger partial charge in [-0.3, -0.25) is 4.79 Å².